The lowest BCUT2D eigenvalue weighted by molar-refractivity contribution is -0.122. The first-order chi connectivity index (χ1) is 9.63. The molecule has 0 bridgehead atoms. The maximum atomic E-state index is 12.6. The Balaban J connectivity index is 2.03. The average Bonchev–Trinajstić information content (AvgIpc) is 2.72. The number of carbonyl (C=O) groups is 2. The van der Waals surface area contributed by atoms with Gasteiger partial charge in [0.05, 0.1) is 17.5 Å². The second kappa shape index (κ2) is 5.17. The smallest absolute Gasteiger partial charge is 0.238 e. The minimum Gasteiger partial charge on any atom is -0.274 e. The van der Waals surface area contributed by atoms with Crippen molar-refractivity contribution in [2.75, 3.05) is 4.90 Å². The van der Waals surface area contributed by atoms with Crippen LogP contribution in [0.1, 0.15) is 25.3 Å². The number of rotatable bonds is 2. The van der Waals surface area contributed by atoms with E-state index in [1.54, 1.807) is 0 Å². The van der Waals surface area contributed by atoms with Gasteiger partial charge >= 0.3 is 0 Å². The fourth-order valence-corrected chi connectivity index (χ4v) is 3.50. The highest BCUT2D eigenvalue weighted by Gasteiger charge is 2.48. The quantitative estimate of drug-likeness (QED) is 0.613. The van der Waals surface area contributed by atoms with E-state index in [-0.39, 0.29) is 23.7 Å². The van der Waals surface area contributed by atoms with Gasteiger partial charge in [-0.2, -0.15) is 0 Å². The topological polar surface area (TPSA) is 37.4 Å². The maximum Gasteiger partial charge on any atom is 0.238 e. The highest BCUT2D eigenvalue weighted by atomic mass is 79.9. The summed E-state index contributed by atoms with van der Waals surface area (Å²) in [5.41, 5.74) is 1.77. The predicted octanol–water partition coefficient (Wildman–Crippen LogP) is 3.47. The van der Waals surface area contributed by atoms with E-state index in [1.807, 2.05) is 37.3 Å². The highest BCUT2D eigenvalue weighted by Crippen LogP contribution is 2.39. The van der Waals surface area contributed by atoms with Crippen molar-refractivity contribution in [3.05, 3.63) is 40.4 Å². The molecule has 2 aliphatic rings. The van der Waals surface area contributed by atoms with Crippen LogP contribution in [0.2, 0.25) is 0 Å². The summed E-state index contributed by atoms with van der Waals surface area (Å²) in [5, 5.41) is 0. The minimum absolute atomic E-state index is 0.0404. The number of aryl methyl sites for hydroxylation is 1. The molecule has 0 unspecified atom stereocenters. The molecular formula is C16H16BrNO2. The lowest BCUT2D eigenvalue weighted by Gasteiger charge is -2.18. The minimum atomic E-state index is -0.166. The van der Waals surface area contributed by atoms with Gasteiger partial charge in [-0.25, -0.2) is 4.90 Å². The molecule has 2 atom stereocenters. The van der Waals surface area contributed by atoms with Gasteiger partial charge in [-0.3, -0.25) is 9.59 Å². The highest BCUT2D eigenvalue weighted by molar-refractivity contribution is 9.10. The van der Waals surface area contributed by atoms with Gasteiger partial charge in [-0.05, 0) is 43.0 Å². The molecule has 104 valence electrons. The molecule has 1 aliphatic carbocycles. The third-order valence-electron chi connectivity index (χ3n) is 4.17. The first-order valence-corrected chi connectivity index (χ1v) is 7.74. The number of amides is 2. The summed E-state index contributed by atoms with van der Waals surface area (Å²) in [6.07, 6.45) is 6.18. The van der Waals surface area contributed by atoms with Gasteiger partial charge in [-0.1, -0.05) is 35.0 Å². The summed E-state index contributed by atoms with van der Waals surface area (Å²) in [6, 6.07) is 5.73. The van der Waals surface area contributed by atoms with Crippen LogP contribution < -0.4 is 4.90 Å². The molecule has 1 aliphatic heterocycles. The van der Waals surface area contributed by atoms with Crippen LogP contribution in [0.3, 0.4) is 0 Å². The fraction of sp³-hybridized carbons (Fsp3) is 0.375. The van der Waals surface area contributed by atoms with Gasteiger partial charge in [-0.15, -0.1) is 0 Å². The number of hydrogen-bond acceptors (Lipinski definition) is 2. The molecule has 3 nitrogen and oxygen atoms in total. The molecule has 20 heavy (non-hydrogen) atoms. The number of allylic oxidation sites excluding steroid dienone is 2. The Bertz CT molecular complexity index is 582. The van der Waals surface area contributed by atoms with Crippen LogP contribution in [-0.4, -0.2) is 11.8 Å². The third kappa shape index (κ3) is 2.03. The molecule has 1 heterocycles. The summed E-state index contributed by atoms with van der Waals surface area (Å²) >= 11 is 3.44. The van der Waals surface area contributed by atoms with Crippen LogP contribution >= 0.6 is 15.9 Å². The van der Waals surface area contributed by atoms with Crippen molar-refractivity contribution in [3.63, 3.8) is 0 Å². The van der Waals surface area contributed by atoms with Gasteiger partial charge in [0.2, 0.25) is 11.8 Å². The van der Waals surface area contributed by atoms with Crippen LogP contribution in [-0.2, 0) is 16.0 Å². The zero-order valence-electron chi connectivity index (χ0n) is 11.3. The van der Waals surface area contributed by atoms with Gasteiger partial charge in [0.1, 0.15) is 0 Å². The maximum absolute atomic E-state index is 12.6. The molecule has 0 radical (unpaired) electrons. The number of carbonyl (C=O) groups excluding carboxylic acids is 2. The van der Waals surface area contributed by atoms with Gasteiger partial charge < -0.3 is 0 Å². The number of fused-ring (bicyclic) bond motifs is 1. The second-order valence-corrected chi connectivity index (χ2v) is 6.21. The Morgan fingerprint density at radius 2 is 1.75 bits per heavy atom. The molecule has 1 aromatic rings. The number of anilines is 1. The molecule has 4 heteroatoms. The van der Waals surface area contributed by atoms with Crippen LogP contribution in [0.4, 0.5) is 5.69 Å². The van der Waals surface area contributed by atoms with Crippen LogP contribution in [0.5, 0.6) is 0 Å². The molecule has 3 rings (SSSR count). The Morgan fingerprint density at radius 1 is 1.15 bits per heavy atom. The van der Waals surface area contributed by atoms with Crippen LogP contribution in [0, 0.1) is 11.8 Å². The first-order valence-electron chi connectivity index (χ1n) is 6.94. The van der Waals surface area contributed by atoms with Crippen molar-refractivity contribution in [3.8, 4) is 0 Å². The fourth-order valence-electron chi connectivity index (χ4n) is 3.09. The zero-order valence-corrected chi connectivity index (χ0v) is 12.9. The SMILES string of the molecule is CCc1cc(Br)ccc1N1C(=O)[C@H]2CC=CC[C@@H]2C1=O. The Hall–Kier alpha value is -1.42. The first kappa shape index (κ1) is 13.6. The van der Waals surface area contributed by atoms with E-state index in [9.17, 15) is 9.59 Å². The molecule has 0 spiro atoms. The van der Waals surface area contributed by atoms with Crippen molar-refractivity contribution in [2.45, 2.75) is 26.2 Å². The number of nitrogens with zero attached hydrogens (tertiary/aromatic N) is 1. The number of benzene rings is 1. The molecule has 0 N–H and O–H groups in total. The molecular weight excluding hydrogens is 318 g/mol. The lowest BCUT2D eigenvalue weighted by Crippen LogP contribution is -2.31. The molecule has 2 amide bonds. The Kier molecular flexibility index (Phi) is 3.50. The molecule has 1 saturated heterocycles. The Morgan fingerprint density at radius 3 is 2.30 bits per heavy atom. The van der Waals surface area contributed by atoms with Crippen molar-refractivity contribution in [1.29, 1.82) is 0 Å². The standard InChI is InChI=1S/C16H16BrNO2/c1-2-10-9-11(17)7-8-14(10)18-15(19)12-5-3-4-6-13(12)16(18)20/h3-4,7-9,12-13H,2,5-6H2,1H3/t12-,13-/m0/s1. The summed E-state index contributed by atoms with van der Waals surface area (Å²) in [7, 11) is 0. The summed E-state index contributed by atoms with van der Waals surface area (Å²) in [6.45, 7) is 2.03. The van der Waals surface area contributed by atoms with Gasteiger partial charge in [0.15, 0.2) is 0 Å². The molecule has 0 saturated carbocycles. The van der Waals surface area contributed by atoms with E-state index in [2.05, 4.69) is 15.9 Å². The summed E-state index contributed by atoms with van der Waals surface area (Å²) < 4.78 is 0.969. The average molecular weight is 334 g/mol. The summed E-state index contributed by atoms with van der Waals surface area (Å²) in [5.74, 6) is -0.413. The number of imide groups is 1. The summed E-state index contributed by atoms with van der Waals surface area (Å²) in [4.78, 5) is 26.5. The zero-order chi connectivity index (χ0) is 14.3. The van der Waals surface area contributed by atoms with Gasteiger partial charge in [0.25, 0.3) is 0 Å². The third-order valence-corrected chi connectivity index (χ3v) is 4.66. The Labute approximate surface area is 126 Å². The molecule has 1 aromatic carbocycles. The lowest BCUT2D eigenvalue weighted by atomic mass is 9.85. The van der Waals surface area contributed by atoms with Gasteiger partial charge in [0, 0.05) is 4.47 Å². The molecule has 0 aromatic heterocycles. The number of hydrogen-bond donors (Lipinski definition) is 0. The van der Waals surface area contributed by atoms with Crippen molar-refractivity contribution in [1.82, 2.24) is 0 Å². The van der Waals surface area contributed by atoms with E-state index in [1.165, 1.54) is 4.90 Å². The van der Waals surface area contributed by atoms with Crippen molar-refractivity contribution >= 4 is 33.4 Å². The monoisotopic (exact) mass is 333 g/mol. The van der Waals surface area contributed by atoms with Crippen molar-refractivity contribution in [2.24, 2.45) is 11.8 Å². The van der Waals surface area contributed by atoms with E-state index >= 15 is 0 Å². The van der Waals surface area contributed by atoms with E-state index in [0.29, 0.717) is 12.8 Å². The van der Waals surface area contributed by atoms with E-state index in [4.69, 9.17) is 0 Å². The van der Waals surface area contributed by atoms with E-state index in [0.717, 1.165) is 22.1 Å². The van der Waals surface area contributed by atoms with Crippen LogP contribution in [0.15, 0.2) is 34.8 Å². The van der Waals surface area contributed by atoms with Crippen molar-refractivity contribution < 1.29 is 9.59 Å². The largest absolute Gasteiger partial charge is 0.274 e. The molecule has 1 fully saturated rings. The predicted molar refractivity (Wildman–Crippen MR) is 81.4 cm³/mol. The van der Waals surface area contributed by atoms with Crippen LogP contribution in [0.25, 0.3) is 0 Å². The van der Waals surface area contributed by atoms with E-state index < -0.39 is 0 Å². The normalized spacial score (nSPS) is 25.2. The second-order valence-electron chi connectivity index (χ2n) is 5.29. The number of halogens is 1.